The van der Waals surface area contributed by atoms with Gasteiger partial charge in [0.2, 0.25) is 5.91 Å². The molecule has 1 aliphatic carbocycles. The third-order valence-corrected chi connectivity index (χ3v) is 8.10. The van der Waals surface area contributed by atoms with Crippen molar-refractivity contribution in [3.63, 3.8) is 0 Å². The van der Waals surface area contributed by atoms with E-state index in [-0.39, 0.29) is 17.1 Å². The summed E-state index contributed by atoms with van der Waals surface area (Å²) in [5.74, 6) is 0.504. The van der Waals surface area contributed by atoms with E-state index >= 15 is 0 Å². The van der Waals surface area contributed by atoms with Gasteiger partial charge in [-0.05, 0) is 43.9 Å². The molecule has 4 rings (SSSR count). The highest BCUT2D eigenvalue weighted by Crippen LogP contribution is 2.31. The number of aromatic nitrogens is 2. The second kappa shape index (κ2) is 8.49. The van der Waals surface area contributed by atoms with Gasteiger partial charge < -0.3 is 10.2 Å². The minimum atomic E-state index is -3.34. The number of rotatable bonds is 5. The molecule has 0 spiro atoms. The maximum absolute atomic E-state index is 12.8. The monoisotopic (exact) mass is 414 g/mol. The molecule has 1 aromatic carbocycles. The smallest absolute Gasteiger partial charge is 0.229 e. The predicted octanol–water partition coefficient (Wildman–Crippen LogP) is 3.05. The Bertz CT molecular complexity index is 959. The van der Waals surface area contributed by atoms with Crippen LogP contribution in [0.2, 0.25) is 0 Å². The lowest BCUT2D eigenvalue weighted by atomic mass is 9.97. The van der Waals surface area contributed by atoms with Gasteiger partial charge in [0.05, 0.1) is 22.3 Å². The fourth-order valence-electron chi connectivity index (χ4n) is 4.24. The molecule has 1 saturated heterocycles. The molecule has 1 saturated carbocycles. The Morgan fingerprint density at radius 1 is 1.10 bits per heavy atom. The van der Waals surface area contributed by atoms with Crippen LogP contribution in [0.15, 0.2) is 47.8 Å². The van der Waals surface area contributed by atoms with Crippen LogP contribution in [0.1, 0.15) is 38.5 Å². The van der Waals surface area contributed by atoms with Crippen molar-refractivity contribution < 1.29 is 13.2 Å². The molecular weight excluding hydrogens is 388 g/mol. The highest BCUT2D eigenvalue weighted by Gasteiger charge is 2.31. The van der Waals surface area contributed by atoms with Crippen LogP contribution in [-0.4, -0.2) is 42.6 Å². The lowest BCUT2D eigenvalue weighted by molar-refractivity contribution is -0.120. The zero-order valence-corrected chi connectivity index (χ0v) is 17.1. The second-order valence-corrected chi connectivity index (χ2v) is 10.0. The van der Waals surface area contributed by atoms with Crippen LogP contribution in [0.25, 0.3) is 0 Å². The van der Waals surface area contributed by atoms with Crippen molar-refractivity contribution in [3.8, 4) is 0 Å². The molecule has 1 atom stereocenters. The Labute approximate surface area is 171 Å². The topological polar surface area (TPSA) is 92.3 Å². The van der Waals surface area contributed by atoms with Crippen molar-refractivity contribution in [2.45, 2.75) is 48.7 Å². The molecule has 1 aliphatic heterocycles. The van der Waals surface area contributed by atoms with Gasteiger partial charge in [-0.1, -0.05) is 18.9 Å². The Balaban J connectivity index is 1.44. The standard InChI is InChI=1S/C21H26N4O3S/c26-21(16-5-4-12-25(15-16)20-14-22-10-11-23-20)24-17-6-3-9-19(13-17)29(27,28)18-7-1-2-8-18/h3,6,9-11,13-14,16,18H,1-2,4-5,7-8,12,15H2,(H,24,26). The van der Waals surface area contributed by atoms with Gasteiger partial charge >= 0.3 is 0 Å². The molecule has 0 bridgehead atoms. The highest BCUT2D eigenvalue weighted by molar-refractivity contribution is 7.92. The first-order chi connectivity index (χ1) is 14.0. The summed E-state index contributed by atoms with van der Waals surface area (Å²) in [5.41, 5.74) is 0.533. The Hall–Kier alpha value is -2.48. The molecule has 1 N–H and O–H groups in total. The van der Waals surface area contributed by atoms with Gasteiger partial charge in [0.15, 0.2) is 9.84 Å². The van der Waals surface area contributed by atoms with Crippen LogP contribution in [0.3, 0.4) is 0 Å². The lowest BCUT2D eigenvalue weighted by Crippen LogP contribution is -2.41. The molecule has 1 aromatic heterocycles. The largest absolute Gasteiger partial charge is 0.355 e. The summed E-state index contributed by atoms with van der Waals surface area (Å²) in [6, 6.07) is 6.66. The van der Waals surface area contributed by atoms with Gasteiger partial charge in [-0.2, -0.15) is 0 Å². The van der Waals surface area contributed by atoms with Gasteiger partial charge in [0.1, 0.15) is 5.82 Å². The summed E-state index contributed by atoms with van der Waals surface area (Å²) in [6.45, 7) is 1.42. The van der Waals surface area contributed by atoms with Crippen LogP contribution in [0, 0.1) is 5.92 Å². The first kappa shape index (κ1) is 19.8. The normalized spacial score (nSPS) is 20.6. The van der Waals surface area contributed by atoms with Gasteiger partial charge in [0, 0.05) is 31.2 Å². The van der Waals surface area contributed by atoms with E-state index in [1.54, 1.807) is 42.9 Å². The van der Waals surface area contributed by atoms with Crippen molar-refractivity contribution in [1.82, 2.24) is 9.97 Å². The number of carbonyl (C=O) groups excluding carboxylic acids is 1. The van der Waals surface area contributed by atoms with E-state index in [9.17, 15) is 13.2 Å². The molecule has 2 fully saturated rings. The van der Waals surface area contributed by atoms with Gasteiger partial charge in [-0.25, -0.2) is 13.4 Å². The average molecular weight is 415 g/mol. The van der Waals surface area contributed by atoms with Crippen LogP contribution in [-0.2, 0) is 14.6 Å². The predicted molar refractivity (Wildman–Crippen MR) is 111 cm³/mol. The fraction of sp³-hybridized carbons (Fsp3) is 0.476. The number of benzene rings is 1. The van der Waals surface area contributed by atoms with Crippen LogP contribution >= 0.6 is 0 Å². The average Bonchev–Trinajstić information content (AvgIpc) is 3.31. The highest BCUT2D eigenvalue weighted by atomic mass is 32.2. The van der Waals surface area contributed by atoms with Crippen molar-refractivity contribution in [3.05, 3.63) is 42.9 Å². The molecule has 2 aliphatic rings. The van der Waals surface area contributed by atoms with E-state index in [2.05, 4.69) is 20.2 Å². The number of anilines is 2. The second-order valence-electron chi connectivity index (χ2n) is 7.82. The molecule has 8 heteroatoms. The zero-order valence-electron chi connectivity index (χ0n) is 16.3. The number of hydrogen-bond donors (Lipinski definition) is 1. The van der Waals surface area contributed by atoms with E-state index in [0.29, 0.717) is 17.1 Å². The first-order valence-electron chi connectivity index (χ1n) is 10.2. The summed E-state index contributed by atoms with van der Waals surface area (Å²) >= 11 is 0. The molecule has 7 nitrogen and oxygen atoms in total. The number of amides is 1. The Kier molecular flexibility index (Phi) is 5.80. The molecule has 1 unspecified atom stereocenters. The number of nitrogens with zero attached hydrogens (tertiary/aromatic N) is 3. The van der Waals surface area contributed by atoms with Crippen LogP contribution in [0.4, 0.5) is 11.5 Å². The van der Waals surface area contributed by atoms with Gasteiger partial charge in [-0.15, -0.1) is 0 Å². The van der Waals surface area contributed by atoms with E-state index < -0.39 is 9.84 Å². The number of piperidine rings is 1. The zero-order chi connectivity index (χ0) is 20.3. The summed E-state index contributed by atoms with van der Waals surface area (Å²) < 4.78 is 25.7. The SMILES string of the molecule is O=C(Nc1cccc(S(=O)(=O)C2CCCC2)c1)C1CCCN(c2cnccn2)C1. The van der Waals surface area contributed by atoms with Crippen molar-refractivity contribution in [2.24, 2.45) is 5.92 Å². The van der Waals surface area contributed by atoms with Gasteiger partial charge in [-0.3, -0.25) is 9.78 Å². The number of carbonyl (C=O) groups is 1. The number of sulfone groups is 1. The summed E-state index contributed by atoms with van der Waals surface area (Å²) in [5, 5.41) is 2.62. The summed E-state index contributed by atoms with van der Waals surface area (Å²) in [4.78, 5) is 23.6. The lowest BCUT2D eigenvalue weighted by Gasteiger charge is -2.32. The minimum Gasteiger partial charge on any atom is -0.355 e. The molecule has 2 aromatic rings. The van der Waals surface area contributed by atoms with E-state index in [1.165, 1.54) is 0 Å². The minimum absolute atomic E-state index is 0.0889. The summed E-state index contributed by atoms with van der Waals surface area (Å²) in [6.07, 6.45) is 10.0. The number of nitrogens with one attached hydrogen (secondary N) is 1. The van der Waals surface area contributed by atoms with E-state index in [0.717, 1.165) is 50.9 Å². The van der Waals surface area contributed by atoms with Crippen molar-refractivity contribution in [1.29, 1.82) is 0 Å². The maximum Gasteiger partial charge on any atom is 0.229 e. The third-order valence-electron chi connectivity index (χ3n) is 5.84. The van der Waals surface area contributed by atoms with Crippen molar-refractivity contribution >= 4 is 27.2 Å². The Morgan fingerprint density at radius 2 is 1.93 bits per heavy atom. The third kappa shape index (κ3) is 4.42. The molecule has 1 amide bonds. The van der Waals surface area contributed by atoms with E-state index in [1.807, 2.05) is 0 Å². The molecule has 2 heterocycles. The van der Waals surface area contributed by atoms with E-state index in [4.69, 9.17) is 0 Å². The molecule has 29 heavy (non-hydrogen) atoms. The van der Waals surface area contributed by atoms with Crippen LogP contribution in [0.5, 0.6) is 0 Å². The van der Waals surface area contributed by atoms with Crippen LogP contribution < -0.4 is 10.2 Å². The molecule has 154 valence electrons. The Morgan fingerprint density at radius 3 is 2.69 bits per heavy atom. The van der Waals surface area contributed by atoms with Gasteiger partial charge in [0.25, 0.3) is 0 Å². The number of hydrogen-bond acceptors (Lipinski definition) is 6. The summed E-state index contributed by atoms with van der Waals surface area (Å²) in [7, 11) is -3.34. The fourth-order valence-corrected chi connectivity index (χ4v) is 6.14. The molecule has 0 radical (unpaired) electrons. The quantitative estimate of drug-likeness (QED) is 0.808. The molecular formula is C21H26N4O3S. The maximum atomic E-state index is 12.8. The first-order valence-corrected chi connectivity index (χ1v) is 11.7. The van der Waals surface area contributed by atoms with Crippen molar-refractivity contribution in [2.75, 3.05) is 23.3 Å².